The molecule has 1 N–H and O–H groups in total. The van der Waals surface area contributed by atoms with E-state index in [1.54, 1.807) is 0 Å². The van der Waals surface area contributed by atoms with E-state index in [0.29, 0.717) is 17.5 Å². The lowest BCUT2D eigenvalue weighted by atomic mass is 10.1. The zero-order chi connectivity index (χ0) is 17.8. The first-order chi connectivity index (χ1) is 13.4. The van der Waals surface area contributed by atoms with Gasteiger partial charge in [-0.25, -0.2) is 4.98 Å². The number of nitrogens with zero attached hydrogens (tertiary/aromatic N) is 3. The zero-order valence-electron chi connectivity index (χ0n) is 14.5. The fourth-order valence-electron chi connectivity index (χ4n) is 3.59. The average molecular weight is 352 g/mol. The molecule has 1 saturated carbocycles. The lowest BCUT2D eigenvalue weighted by molar-refractivity contribution is 0.507. The maximum atomic E-state index is 5.93. The van der Waals surface area contributed by atoms with Gasteiger partial charge in [-0.1, -0.05) is 48.5 Å². The van der Waals surface area contributed by atoms with Crippen molar-refractivity contribution in [3.63, 3.8) is 0 Å². The molecule has 1 fully saturated rings. The van der Waals surface area contributed by atoms with Crippen LogP contribution in [0.15, 0.2) is 65.1 Å². The van der Waals surface area contributed by atoms with Crippen LogP contribution < -0.4 is 0 Å². The fourth-order valence-corrected chi connectivity index (χ4v) is 3.59. The average Bonchev–Trinajstić information content (AvgIpc) is 3.33. The molecule has 0 spiro atoms. The number of nitrogens with one attached hydrogen (secondary N) is 1. The van der Waals surface area contributed by atoms with E-state index in [-0.39, 0.29) is 0 Å². The van der Waals surface area contributed by atoms with Gasteiger partial charge in [-0.2, -0.15) is 0 Å². The minimum absolute atomic E-state index is 0.427. The molecule has 5 nitrogen and oxygen atoms in total. The number of pyridine rings is 1. The van der Waals surface area contributed by atoms with Crippen molar-refractivity contribution < 1.29 is 4.42 Å². The summed E-state index contributed by atoms with van der Waals surface area (Å²) in [6.07, 6.45) is 2.26. The van der Waals surface area contributed by atoms with Gasteiger partial charge in [0.15, 0.2) is 0 Å². The third-order valence-electron chi connectivity index (χ3n) is 5.13. The fraction of sp³-hybridized carbons (Fsp3) is 0.136. The molecule has 0 saturated heterocycles. The van der Waals surface area contributed by atoms with Crippen LogP contribution in [0.5, 0.6) is 0 Å². The van der Waals surface area contributed by atoms with Gasteiger partial charge < -0.3 is 9.40 Å². The van der Waals surface area contributed by atoms with E-state index in [2.05, 4.69) is 45.5 Å². The summed E-state index contributed by atoms with van der Waals surface area (Å²) in [6, 6.07) is 20.5. The summed E-state index contributed by atoms with van der Waals surface area (Å²) in [5, 5.41) is 10.8. The molecule has 0 amide bonds. The predicted octanol–water partition coefficient (Wildman–Crippen LogP) is 5.31. The van der Waals surface area contributed by atoms with Gasteiger partial charge >= 0.3 is 0 Å². The number of rotatable bonds is 3. The molecule has 1 aliphatic carbocycles. The summed E-state index contributed by atoms with van der Waals surface area (Å²) in [5.41, 5.74) is 4.77. The van der Waals surface area contributed by atoms with E-state index in [0.717, 1.165) is 51.8 Å². The molecule has 130 valence electrons. The first kappa shape index (κ1) is 14.7. The Kier molecular flexibility index (Phi) is 3.00. The highest BCUT2D eigenvalue weighted by Gasteiger charge is 2.30. The Bertz CT molecular complexity index is 1280. The third-order valence-corrected chi connectivity index (χ3v) is 5.13. The van der Waals surface area contributed by atoms with Gasteiger partial charge in [0.25, 0.3) is 5.89 Å². The number of hydrogen-bond acceptors (Lipinski definition) is 4. The highest BCUT2D eigenvalue weighted by molar-refractivity contribution is 6.11. The Morgan fingerprint density at radius 3 is 2.56 bits per heavy atom. The number of para-hydroxylation sites is 1. The molecule has 0 atom stereocenters. The maximum absolute atomic E-state index is 5.93. The second-order valence-electron chi connectivity index (χ2n) is 7.03. The summed E-state index contributed by atoms with van der Waals surface area (Å²) < 4.78 is 5.93. The van der Waals surface area contributed by atoms with Crippen molar-refractivity contribution in [2.24, 2.45) is 0 Å². The Morgan fingerprint density at radius 1 is 0.889 bits per heavy atom. The summed E-state index contributed by atoms with van der Waals surface area (Å²) in [6.45, 7) is 0. The highest BCUT2D eigenvalue weighted by Crippen LogP contribution is 2.40. The Balaban J connectivity index is 1.65. The summed E-state index contributed by atoms with van der Waals surface area (Å²) in [4.78, 5) is 8.43. The number of fused-ring (bicyclic) bond motifs is 3. The van der Waals surface area contributed by atoms with Gasteiger partial charge in [-0.3, -0.25) is 0 Å². The molecule has 5 aromatic rings. The lowest BCUT2D eigenvalue weighted by Gasteiger charge is -2.05. The van der Waals surface area contributed by atoms with Crippen LogP contribution in [0, 0.1) is 0 Å². The molecule has 2 aromatic carbocycles. The molecular formula is C22H16N4O. The smallest absolute Gasteiger partial charge is 0.266 e. The molecule has 3 aromatic heterocycles. The van der Waals surface area contributed by atoms with Crippen molar-refractivity contribution in [3.8, 4) is 22.8 Å². The van der Waals surface area contributed by atoms with E-state index in [9.17, 15) is 0 Å². The van der Waals surface area contributed by atoms with Crippen molar-refractivity contribution in [3.05, 3.63) is 66.6 Å². The number of H-pyrrole nitrogens is 1. The minimum Gasteiger partial charge on any atom is -0.419 e. The van der Waals surface area contributed by atoms with Crippen LogP contribution in [0.1, 0.15) is 24.7 Å². The van der Waals surface area contributed by atoms with Crippen molar-refractivity contribution in [2.45, 2.75) is 18.8 Å². The second-order valence-corrected chi connectivity index (χ2v) is 7.03. The van der Waals surface area contributed by atoms with Crippen LogP contribution in [0.4, 0.5) is 0 Å². The summed E-state index contributed by atoms with van der Waals surface area (Å²) in [5.74, 6) is 1.64. The van der Waals surface area contributed by atoms with E-state index < -0.39 is 0 Å². The molecule has 27 heavy (non-hydrogen) atoms. The summed E-state index contributed by atoms with van der Waals surface area (Å²) in [7, 11) is 0. The van der Waals surface area contributed by atoms with Gasteiger partial charge in [0.1, 0.15) is 5.69 Å². The van der Waals surface area contributed by atoms with Crippen LogP contribution >= 0.6 is 0 Å². The monoisotopic (exact) mass is 352 g/mol. The molecule has 0 bridgehead atoms. The molecule has 5 heteroatoms. The molecule has 6 rings (SSSR count). The largest absolute Gasteiger partial charge is 0.419 e. The molecule has 0 aliphatic heterocycles. The second kappa shape index (κ2) is 5.51. The Hall–Kier alpha value is -3.47. The highest BCUT2D eigenvalue weighted by atomic mass is 16.4. The number of aromatic nitrogens is 4. The predicted molar refractivity (Wildman–Crippen MR) is 104 cm³/mol. The van der Waals surface area contributed by atoms with E-state index in [1.807, 2.05) is 30.3 Å². The lowest BCUT2D eigenvalue weighted by Crippen LogP contribution is -1.90. The standard InChI is InChI=1S/C22H16N4O/c1-2-6-13(7-3-1)19-20-16(15-8-4-5-9-17(15)23-20)12-18(24-19)22-26-25-21(27-22)14-10-11-14/h1-9,12,14,23H,10-11H2. The zero-order valence-corrected chi connectivity index (χ0v) is 14.5. The number of hydrogen-bond donors (Lipinski definition) is 1. The summed E-state index contributed by atoms with van der Waals surface area (Å²) >= 11 is 0. The van der Waals surface area contributed by atoms with Gasteiger partial charge in [0, 0.05) is 27.8 Å². The van der Waals surface area contributed by atoms with Crippen molar-refractivity contribution in [1.29, 1.82) is 0 Å². The minimum atomic E-state index is 0.427. The van der Waals surface area contributed by atoms with Crippen molar-refractivity contribution in [1.82, 2.24) is 20.2 Å². The third kappa shape index (κ3) is 2.35. The topological polar surface area (TPSA) is 67.6 Å². The van der Waals surface area contributed by atoms with Gasteiger partial charge in [-0.15, -0.1) is 10.2 Å². The molecule has 0 radical (unpaired) electrons. The van der Waals surface area contributed by atoms with E-state index in [1.165, 1.54) is 0 Å². The van der Waals surface area contributed by atoms with Crippen LogP contribution in [0.3, 0.4) is 0 Å². The number of benzene rings is 2. The molecule has 0 unspecified atom stereocenters. The van der Waals surface area contributed by atoms with Crippen molar-refractivity contribution >= 4 is 21.8 Å². The SMILES string of the molecule is c1ccc(-c2nc(-c3nnc(C4CC4)o3)cc3c2[nH]c2ccccc23)cc1. The van der Waals surface area contributed by atoms with Crippen LogP contribution in [-0.2, 0) is 0 Å². The number of aromatic amines is 1. The first-order valence-electron chi connectivity index (χ1n) is 9.17. The molecular weight excluding hydrogens is 336 g/mol. The molecule has 3 heterocycles. The van der Waals surface area contributed by atoms with Gasteiger partial charge in [0.2, 0.25) is 5.89 Å². The molecule has 1 aliphatic rings. The van der Waals surface area contributed by atoms with Gasteiger partial charge in [0.05, 0.1) is 11.2 Å². The van der Waals surface area contributed by atoms with E-state index >= 15 is 0 Å². The Morgan fingerprint density at radius 2 is 1.70 bits per heavy atom. The maximum Gasteiger partial charge on any atom is 0.266 e. The van der Waals surface area contributed by atoms with Gasteiger partial charge in [-0.05, 0) is 25.0 Å². The van der Waals surface area contributed by atoms with E-state index in [4.69, 9.17) is 9.40 Å². The van der Waals surface area contributed by atoms with Crippen molar-refractivity contribution in [2.75, 3.05) is 0 Å². The first-order valence-corrected chi connectivity index (χ1v) is 9.17. The quantitative estimate of drug-likeness (QED) is 0.478. The Labute approximate surface area is 155 Å². The normalized spacial score (nSPS) is 14.2. The van der Waals surface area contributed by atoms with Crippen LogP contribution in [0.2, 0.25) is 0 Å². The van der Waals surface area contributed by atoms with Crippen LogP contribution in [0.25, 0.3) is 44.6 Å². The van der Waals surface area contributed by atoms with Crippen LogP contribution in [-0.4, -0.2) is 20.2 Å².